The quantitative estimate of drug-likeness (QED) is 0.762. The minimum absolute atomic E-state index is 0.184. The normalized spacial score (nSPS) is 16.3. The summed E-state index contributed by atoms with van der Waals surface area (Å²) in [5, 5.41) is 10.7. The molecule has 2 heterocycles. The molecule has 2 aromatic rings. The molecule has 1 saturated heterocycles. The van der Waals surface area contributed by atoms with E-state index in [1.165, 1.54) is 17.3 Å². The number of hydrogen-bond acceptors (Lipinski definition) is 4. The van der Waals surface area contributed by atoms with Crippen molar-refractivity contribution in [1.82, 2.24) is 9.88 Å². The van der Waals surface area contributed by atoms with Crippen LogP contribution in [0.25, 0.3) is 5.57 Å². The summed E-state index contributed by atoms with van der Waals surface area (Å²) in [4.78, 5) is 18.4. The number of halogens is 1. The Hall–Kier alpha value is -2.53. The summed E-state index contributed by atoms with van der Waals surface area (Å²) in [7, 11) is 0. The molecule has 1 N–H and O–H groups in total. The number of amides is 1. The largest absolute Gasteiger partial charge is 0.506 e. The summed E-state index contributed by atoms with van der Waals surface area (Å²) in [5.74, 6) is 0.184. The minimum atomic E-state index is -0.247. The number of fused-ring (bicyclic) bond motifs is 2. The number of aromatic hydroxyl groups is 1. The Bertz CT molecular complexity index is 889. The molecule has 6 heteroatoms. The molecule has 0 bridgehead atoms. The van der Waals surface area contributed by atoms with Crippen LogP contribution in [-0.2, 0) is 17.6 Å². The Morgan fingerprint density at radius 3 is 2.68 bits per heavy atom. The lowest BCUT2D eigenvalue weighted by molar-refractivity contribution is 0.104. The maximum absolute atomic E-state index is 12.0. The van der Waals surface area contributed by atoms with Crippen molar-refractivity contribution in [2.45, 2.75) is 32.6 Å². The molecule has 0 saturated carbocycles. The van der Waals surface area contributed by atoms with E-state index >= 15 is 0 Å². The Labute approximate surface area is 169 Å². The van der Waals surface area contributed by atoms with Crippen molar-refractivity contribution in [3.8, 4) is 5.75 Å². The molecular weight excluding hydrogens is 376 g/mol. The van der Waals surface area contributed by atoms with Crippen LogP contribution in [0.1, 0.15) is 42.1 Å². The molecular formula is C22H23ClN2O3. The first-order valence-corrected chi connectivity index (χ1v) is 10.1. The zero-order valence-corrected chi connectivity index (χ0v) is 16.6. The van der Waals surface area contributed by atoms with E-state index in [-0.39, 0.29) is 11.8 Å². The van der Waals surface area contributed by atoms with E-state index in [2.05, 4.69) is 11.1 Å². The van der Waals surface area contributed by atoms with Gasteiger partial charge in [-0.25, -0.2) is 4.79 Å². The van der Waals surface area contributed by atoms with E-state index < -0.39 is 0 Å². The smallest absolute Gasteiger partial charge is 0.409 e. The highest BCUT2D eigenvalue weighted by atomic mass is 35.5. The van der Waals surface area contributed by atoms with Gasteiger partial charge in [-0.05, 0) is 67.5 Å². The van der Waals surface area contributed by atoms with Crippen LogP contribution in [0.15, 0.2) is 36.0 Å². The standard InChI is InChI=1S/C22H23ClN2O3/c1-2-28-22(27)25-9-7-14(8-10-25)20-19-6-5-17(23)11-15(19)3-4-16-12-18(26)13-24-21(16)20/h5-6,11-13,26H,2-4,7-10H2,1H3. The predicted octanol–water partition coefficient (Wildman–Crippen LogP) is 4.59. The Kier molecular flexibility index (Phi) is 5.27. The molecule has 1 aliphatic heterocycles. The summed E-state index contributed by atoms with van der Waals surface area (Å²) in [6, 6.07) is 7.82. The summed E-state index contributed by atoms with van der Waals surface area (Å²) in [5.41, 5.74) is 6.73. The van der Waals surface area contributed by atoms with E-state index in [1.807, 2.05) is 25.1 Å². The number of aromatic nitrogens is 1. The molecule has 0 atom stereocenters. The number of carbonyl (C=O) groups is 1. The third-order valence-electron chi connectivity index (χ3n) is 5.44. The lowest BCUT2D eigenvalue weighted by atomic mass is 9.88. The van der Waals surface area contributed by atoms with Crippen molar-refractivity contribution in [1.29, 1.82) is 0 Å². The number of piperidine rings is 1. The van der Waals surface area contributed by atoms with Crippen LogP contribution >= 0.6 is 11.6 Å². The number of rotatable bonds is 1. The van der Waals surface area contributed by atoms with Crippen LogP contribution in [-0.4, -0.2) is 40.8 Å². The van der Waals surface area contributed by atoms with E-state index in [4.69, 9.17) is 16.3 Å². The molecule has 146 valence electrons. The monoisotopic (exact) mass is 398 g/mol. The van der Waals surface area contributed by atoms with Crippen LogP contribution in [0, 0.1) is 0 Å². The SMILES string of the molecule is CCOC(=O)N1CCC(=C2c3ccc(Cl)cc3CCc3cc(O)cnc32)CC1. The number of likely N-dealkylation sites (tertiary alicyclic amines) is 1. The second kappa shape index (κ2) is 7.84. The predicted molar refractivity (Wildman–Crippen MR) is 109 cm³/mol. The molecule has 0 radical (unpaired) electrons. The number of benzene rings is 1. The molecule has 5 nitrogen and oxygen atoms in total. The molecule has 1 aromatic carbocycles. The van der Waals surface area contributed by atoms with Gasteiger partial charge < -0.3 is 14.7 Å². The van der Waals surface area contributed by atoms with Crippen molar-refractivity contribution in [3.05, 3.63) is 63.4 Å². The highest BCUT2D eigenvalue weighted by Crippen LogP contribution is 2.39. The Balaban J connectivity index is 1.77. The fraction of sp³-hybridized carbons (Fsp3) is 0.364. The van der Waals surface area contributed by atoms with Crippen molar-refractivity contribution in [2.24, 2.45) is 0 Å². The van der Waals surface area contributed by atoms with E-state index in [0.717, 1.165) is 53.1 Å². The molecule has 4 rings (SSSR count). The van der Waals surface area contributed by atoms with Crippen molar-refractivity contribution in [2.75, 3.05) is 19.7 Å². The van der Waals surface area contributed by atoms with Crippen molar-refractivity contribution < 1.29 is 14.6 Å². The molecule has 1 fully saturated rings. The van der Waals surface area contributed by atoms with Crippen LogP contribution in [0.5, 0.6) is 5.75 Å². The first kappa shape index (κ1) is 18.8. The summed E-state index contributed by atoms with van der Waals surface area (Å²) in [6.07, 6.45) is 4.46. The summed E-state index contributed by atoms with van der Waals surface area (Å²) in [6.45, 7) is 3.47. The first-order chi connectivity index (χ1) is 13.6. The lowest BCUT2D eigenvalue weighted by Gasteiger charge is -2.29. The second-order valence-electron chi connectivity index (χ2n) is 7.17. The maximum atomic E-state index is 12.0. The van der Waals surface area contributed by atoms with Gasteiger partial charge in [0.25, 0.3) is 0 Å². The summed E-state index contributed by atoms with van der Waals surface area (Å²) < 4.78 is 5.14. The van der Waals surface area contributed by atoms with Gasteiger partial charge in [-0.1, -0.05) is 23.2 Å². The van der Waals surface area contributed by atoms with Gasteiger partial charge in [0.2, 0.25) is 0 Å². The maximum Gasteiger partial charge on any atom is 0.409 e. The average Bonchev–Trinajstić information content (AvgIpc) is 2.84. The fourth-order valence-electron chi connectivity index (χ4n) is 4.11. The van der Waals surface area contributed by atoms with Crippen LogP contribution in [0.3, 0.4) is 0 Å². The minimum Gasteiger partial charge on any atom is -0.506 e. The highest BCUT2D eigenvalue weighted by Gasteiger charge is 2.27. The zero-order valence-electron chi connectivity index (χ0n) is 15.9. The van der Waals surface area contributed by atoms with Gasteiger partial charge in [-0.15, -0.1) is 0 Å². The van der Waals surface area contributed by atoms with Gasteiger partial charge >= 0.3 is 6.09 Å². The number of hydrogen-bond donors (Lipinski definition) is 1. The number of pyridine rings is 1. The average molecular weight is 399 g/mol. The molecule has 28 heavy (non-hydrogen) atoms. The van der Waals surface area contributed by atoms with Gasteiger partial charge in [0.05, 0.1) is 18.5 Å². The second-order valence-corrected chi connectivity index (χ2v) is 7.60. The zero-order chi connectivity index (χ0) is 19.7. The van der Waals surface area contributed by atoms with Crippen LogP contribution < -0.4 is 0 Å². The topological polar surface area (TPSA) is 62.7 Å². The number of carbonyl (C=O) groups excluding carboxylic acids is 1. The van der Waals surface area contributed by atoms with Gasteiger partial charge in [-0.2, -0.15) is 0 Å². The molecule has 1 aliphatic carbocycles. The third kappa shape index (κ3) is 3.59. The van der Waals surface area contributed by atoms with E-state index in [9.17, 15) is 9.90 Å². The van der Waals surface area contributed by atoms with Crippen molar-refractivity contribution in [3.63, 3.8) is 0 Å². The summed E-state index contributed by atoms with van der Waals surface area (Å²) >= 11 is 6.25. The highest BCUT2D eigenvalue weighted by molar-refractivity contribution is 6.30. The fourth-order valence-corrected chi connectivity index (χ4v) is 4.30. The molecule has 2 aliphatic rings. The van der Waals surface area contributed by atoms with E-state index in [1.54, 1.807) is 4.90 Å². The molecule has 1 aromatic heterocycles. The molecule has 0 unspecified atom stereocenters. The van der Waals surface area contributed by atoms with Gasteiger partial charge in [-0.3, -0.25) is 4.98 Å². The Morgan fingerprint density at radius 1 is 1.18 bits per heavy atom. The van der Waals surface area contributed by atoms with Crippen molar-refractivity contribution >= 4 is 23.3 Å². The van der Waals surface area contributed by atoms with E-state index in [0.29, 0.717) is 19.7 Å². The first-order valence-electron chi connectivity index (χ1n) is 9.67. The lowest BCUT2D eigenvalue weighted by Crippen LogP contribution is -2.37. The van der Waals surface area contributed by atoms with Gasteiger partial charge in [0, 0.05) is 23.7 Å². The molecule has 0 spiro atoms. The molecule has 1 amide bonds. The third-order valence-corrected chi connectivity index (χ3v) is 5.67. The van der Waals surface area contributed by atoms with Crippen LogP contribution in [0.2, 0.25) is 5.02 Å². The van der Waals surface area contributed by atoms with Gasteiger partial charge in [0.15, 0.2) is 0 Å². The number of aryl methyl sites for hydroxylation is 2. The number of ether oxygens (including phenoxy) is 1. The van der Waals surface area contributed by atoms with Crippen LogP contribution in [0.4, 0.5) is 4.79 Å². The van der Waals surface area contributed by atoms with Gasteiger partial charge in [0.1, 0.15) is 5.75 Å². The number of nitrogens with zero attached hydrogens (tertiary/aromatic N) is 2. The Morgan fingerprint density at radius 2 is 1.93 bits per heavy atom.